The SMILES string of the molecule is OCc1ccsc1-c1cccc2c(-c3sccc3CO)cccc12. The Morgan fingerprint density at radius 1 is 0.625 bits per heavy atom. The summed E-state index contributed by atoms with van der Waals surface area (Å²) < 4.78 is 0. The molecule has 0 atom stereocenters. The lowest BCUT2D eigenvalue weighted by Gasteiger charge is -2.11. The average Bonchev–Trinajstić information content (AvgIpc) is 3.29. The Hall–Kier alpha value is -1.98. The highest BCUT2D eigenvalue weighted by molar-refractivity contribution is 7.14. The summed E-state index contributed by atoms with van der Waals surface area (Å²) in [7, 11) is 0. The first-order valence-electron chi connectivity index (χ1n) is 7.70. The van der Waals surface area contributed by atoms with E-state index in [0.29, 0.717) is 0 Å². The molecular weight excluding hydrogens is 336 g/mol. The molecule has 2 aromatic carbocycles. The van der Waals surface area contributed by atoms with Crippen LogP contribution in [0.25, 0.3) is 31.7 Å². The van der Waals surface area contributed by atoms with Crippen LogP contribution in [0, 0.1) is 0 Å². The highest BCUT2D eigenvalue weighted by atomic mass is 32.1. The molecule has 0 saturated carbocycles. The van der Waals surface area contributed by atoms with E-state index in [2.05, 4.69) is 36.4 Å². The maximum atomic E-state index is 9.59. The molecular formula is C20H16O2S2. The van der Waals surface area contributed by atoms with Crippen LogP contribution in [0.4, 0.5) is 0 Å². The van der Waals surface area contributed by atoms with E-state index in [0.717, 1.165) is 32.0 Å². The Labute approximate surface area is 148 Å². The van der Waals surface area contributed by atoms with Gasteiger partial charge in [0.25, 0.3) is 0 Å². The third kappa shape index (κ3) is 2.48. The maximum absolute atomic E-state index is 9.59. The molecule has 0 unspecified atom stereocenters. The standard InChI is InChI=1S/C20H16O2S2/c21-11-13-7-9-23-19(13)17-5-1-3-15-16(17)4-2-6-18(15)20-14(12-22)8-10-24-20/h1-10,21-22H,11-12H2. The number of rotatable bonds is 4. The highest BCUT2D eigenvalue weighted by Crippen LogP contribution is 2.40. The second-order valence-corrected chi connectivity index (χ2v) is 7.40. The van der Waals surface area contributed by atoms with Gasteiger partial charge in [0.1, 0.15) is 0 Å². The molecule has 0 amide bonds. The van der Waals surface area contributed by atoms with Gasteiger partial charge in [-0.05, 0) is 55.9 Å². The Morgan fingerprint density at radius 3 is 1.50 bits per heavy atom. The number of aliphatic hydroxyl groups excluding tert-OH is 2. The van der Waals surface area contributed by atoms with E-state index >= 15 is 0 Å². The van der Waals surface area contributed by atoms with E-state index in [-0.39, 0.29) is 13.2 Å². The molecule has 0 saturated heterocycles. The van der Waals surface area contributed by atoms with Crippen molar-refractivity contribution in [1.82, 2.24) is 0 Å². The first-order valence-corrected chi connectivity index (χ1v) is 9.46. The summed E-state index contributed by atoms with van der Waals surface area (Å²) in [6.45, 7) is 0.100. The van der Waals surface area contributed by atoms with Crippen molar-refractivity contribution in [3.05, 3.63) is 70.4 Å². The van der Waals surface area contributed by atoms with E-state index in [4.69, 9.17) is 0 Å². The average molecular weight is 352 g/mol. The van der Waals surface area contributed by atoms with Crippen molar-refractivity contribution >= 4 is 33.4 Å². The smallest absolute Gasteiger partial charge is 0.0696 e. The Bertz CT molecular complexity index is 916. The molecule has 2 nitrogen and oxygen atoms in total. The minimum Gasteiger partial charge on any atom is -0.392 e. The van der Waals surface area contributed by atoms with Crippen LogP contribution in [0.1, 0.15) is 11.1 Å². The predicted octanol–water partition coefficient (Wildman–Crippen LogP) is 5.28. The van der Waals surface area contributed by atoms with E-state index in [1.54, 1.807) is 22.7 Å². The number of fused-ring (bicyclic) bond motifs is 1. The zero-order valence-corrected chi connectivity index (χ0v) is 14.5. The van der Waals surface area contributed by atoms with Gasteiger partial charge in [0.15, 0.2) is 0 Å². The molecule has 0 aliphatic rings. The fraction of sp³-hybridized carbons (Fsp3) is 0.100. The zero-order valence-electron chi connectivity index (χ0n) is 12.9. The summed E-state index contributed by atoms with van der Waals surface area (Å²) in [6, 6.07) is 16.6. The van der Waals surface area contributed by atoms with Crippen molar-refractivity contribution in [2.45, 2.75) is 13.2 Å². The molecule has 0 fully saturated rings. The minimum absolute atomic E-state index is 0.0501. The maximum Gasteiger partial charge on any atom is 0.0696 e. The van der Waals surface area contributed by atoms with Gasteiger partial charge in [0, 0.05) is 9.75 Å². The summed E-state index contributed by atoms with van der Waals surface area (Å²) in [4.78, 5) is 2.24. The second-order valence-electron chi connectivity index (χ2n) is 5.57. The van der Waals surface area contributed by atoms with Crippen molar-refractivity contribution < 1.29 is 10.2 Å². The van der Waals surface area contributed by atoms with Crippen molar-refractivity contribution in [3.8, 4) is 20.9 Å². The summed E-state index contributed by atoms with van der Waals surface area (Å²) in [5.74, 6) is 0. The Kier molecular flexibility index (Phi) is 4.21. The van der Waals surface area contributed by atoms with Gasteiger partial charge in [-0.3, -0.25) is 0 Å². The minimum atomic E-state index is 0.0501. The number of thiophene rings is 2. The van der Waals surface area contributed by atoms with Gasteiger partial charge < -0.3 is 10.2 Å². The molecule has 0 bridgehead atoms. The quantitative estimate of drug-likeness (QED) is 0.524. The molecule has 24 heavy (non-hydrogen) atoms. The van der Waals surface area contributed by atoms with Crippen LogP contribution >= 0.6 is 22.7 Å². The topological polar surface area (TPSA) is 40.5 Å². The molecule has 2 N–H and O–H groups in total. The van der Waals surface area contributed by atoms with Gasteiger partial charge in [-0.1, -0.05) is 36.4 Å². The number of hydrogen-bond donors (Lipinski definition) is 2. The zero-order chi connectivity index (χ0) is 16.5. The predicted molar refractivity (Wildman–Crippen MR) is 102 cm³/mol. The van der Waals surface area contributed by atoms with Crippen LogP contribution < -0.4 is 0 Å². The van der Waals surface area contributed by atoms with Gasteiger partial charge in [0.2, 0.25) is 0 Å². The van der Waals surface area contributed by atoms with Crippen LogP contribution in [0.2, 0.25) is 0 Å². The van der Waals surface area contributed by atoms with Crippen LogP contribution in [0.15, 0.2) is 59.3 Å². The van der Waals surface area contributed by atoms with Crippen molar-refractivity contribution in [1.29, 1.82) is 0 Å². The van der Waals surface area contributed by atoms with Crippen LogP contribution in [-0.2, 0) is 13.2 Å². The van der Waals surface area contributed by atoms with E-state index in [1.807, 2.05) is 22.9 Å². The van der Waals surface area contributed by atoms with Crippen molar-refractivity contribution in [3.63, 3.8) is 0 Å². The van der Waals surface area contributed by atoms with Gasteiger partial charge in [-0.2, -0.15) is 0 Å². The molecule has 2 heterocycles. The molecule has 2 aromatic heterocycles. The second kappa shape index (κ2) is 6.49. The number of benzene rings is 2. The highest BCUT2D eigenvalue weighted by Gasteiger charge is 2.14. The summed E-state index contributed by atoms with van der Waals surface area (Å²) in [6.07, 6.45) is 0. The fourth-order valence-electron chi connectivity index (χ4n) is 3.10. The number of aliphatic hydroxyl groups is 2. The van der Waals surface area contributed by atoms with Gasteiger partial charge >= 0.3 is 0 Å². The number of hydrogen-bond acceptors (Lipinski definition) is 4. The van der Waals surface area contributed by atoms with E-state index in [1.165, 1.54) is 10.8 Å². The lowest BCUT2D eigenvalue weighted by atomic mass is 9.96. The van der Waals surface area contributed by atoms with Crippen molar-refractivity contribution in [2.75, 3.05) is 0 Å². The van der Waals surface area contributed by atoms with Gasteiger partial charge in [-0.25, -0.2) is 0 Å². The largest absolute Gasteiger partial charge is 0.392 e. The molecule has 120 valence electrons. The molecule has 0 aliphatic carbocycles. The summed E-state index contributed by atoms with van der Waals surface area (Å²) in [5.41, 5.74) is 4.22. The third-order valence-corrected chi connectivity index (χ3v) is 6.23. The molecule has 0 radical (unpaired) electrons. The monoisotopic (exact) mass is 352 g/mol. The molecule has 0 aliphatic heterocycles. The lowest BCUT2D eigenvalue weighted by molar-refractivity contribution is 0.282. The Balaban J connectivity index is 1.99. The van der Waals surface area contributed by atoms with Gasteiger partial charge in [-0.15, -0.1) is 22.7 Å². The normalized spacial score (nSPS) is 11.2. The third-order valence-electron chi connectivity index (χ3n) is 4.25. The van der Waals surface area contributed by atoms with Crippen molar-refractivity contribution in [2.24, 2.45) is 0 Å². The van der Waals surface area contributed by atoms with Gasteiger partial charge in [0.05, 0.1) is 13.2 Å². The van der Waals surface area contributed by atoms with E-state index < -0.39 is 0 Å². The first kappa shape index (κ1) is 15.5. The van der Waals surface area contributed by atoms with Crippen LogP contribution in [0.5, 0.6) is 0 Å². The fourth-order valence-corrected chi connectivity index (χ4v) is 5.01. The molecule has 4 aromatic rings. The molecule has 4 rings (SSSR count). The summed E-state index contributed by atoms with van der Waals surface area (Å²) >= 11 is 3.31. The molecule has 4 heteroatoms. The van der Waals surface area contributed by atoms with Crippen LogP contribution in [0.3, 0.4) is 0 Å². The molecule has 0 spiro atoms. The lowest BCUT2D eigenvalue weighted by Crippen LogP contribution is -1.88. The first-order chi connectivity index (χ1) is 11.8. The van der Waals surface area contributed by atoms with E-state index in [9.17, 15) is 10.2 Å². The van der Waals surface area contributed by atoms with Crippen LogP contribution in [-0.4, -0.2) is 10.2 Å². The summed E-state index contributed by atoms with van der Waals surface area (Å²) in [5, 5.41) is 25.6. The Morgan fingerprint density at radius 2 is 1.08 bits per heavy atom.